The molecule has 1 fully saturated rings. The Kier molecular flexibility index (Phi) is 5.81. The van der Waals surface area contributed by atoms with E-state index in [-0.39, 0.29) is 23.4 Å². The molecule has 4 nitrogen and oxygen atoms in total. The fourth-order valence-corrected chi connectivity index (χ4v) is 3.01. The predicted octanol–water partition coefficient (Wildman–Crippen LogP) is 1.60. The molecule has 1 aliphatic rings. The van der Waals surface area contributed by atoms with Gasteiger partial charge in [0, 0.05) is 18.6 Å². The summed E-state index contributed by atoms with van der Waals surface area (Å²) in [4.78, 5) is 14.7. The van der Waals surface area contributed by atoms with E-state index in [4.69, 9.17) is 5.73 Å². The van der Waals surface area contributed by atoms with Gasteiger partial charge in [-0.3, -0.25) is 4.79 Å². The smallest absolute Gasteiger partial charge is 0.227 e. The summed E-state index contributed by atoms with van der Waals surface area (Å²) in [5.74, 6) is 0.723. The zero-order chi connectivity index (χ0) is 14.6. The van der Waals surface area contributed by atoms with Crippen LogP contribution in [0.5, 0.6) is 0 Å². The highest BCUT2D eigenvalue weighted by atomic mass is 16.2. The first-order valence-corrected chi connectivity index (χ1v) is 7.47. The summed E-state index contributed by atoms with van der Waals surface area (Å²) in [6, 6.07) is 0.221. The van der Waals surface area contributed by atoms with Crippen LogP contribution in [-0.4, -0.2) is 43.5 Å². The van der Waals surface area contributed by atoms with Crippen molar-refractivity contribution < 1.29 is 4.79 Å². The molecule has 0 aromatic carbocycles. The van der Waals surface area contributed by atoms with Gasteiger partial charge >= 0.3 is 0 Å². The lowest BCUT2D eigenvalue weighted by molar-refractivity contribution is -0.131. The lowest BCUT2D eigenvalue weighted by Gasteiger charge is -2.32. The third-order valence-electron chi connectivity index (χ3n) is 4.23. The molecule has 1 saturated carbocycles. The van der Waals surface area contributed by atoms with Gasteiger partial charge in [-0.2, -0.15) is 0 Å². The molecular formula is C15H31N3O. The van der Waals surface area contributed by atoms with Crippen molar-refractivity contribution >= 4 is 5.91 Å². The monoisotopic (exact) mass is 269 g/mol. The molecule has 3 atom stereocenters. The summed E-state index contributed by atoms with van der Waals surface area (Å²) >= 11 is 0. The Morgan fingerprint density at radius 2 is 2.11 bits per heavy atom. The standard InChI is InChI=1S/C15H31N3O/c1-11(2)9-12(10-18(4)5)17-14(19)15(3)8-6-7-13(15)16/h11-13H,6-10,16H2,1-5H3,(H,17,19). The van der Waals surface area contributed by atoms with E-state index in [1.165, 1.54) is 0 Å². The molecule has 1 amide bonds. The molecule has 0 aromatic rings. The minimum absolute atomic E-state index is 0.00607. The van der Waals surface area contributed by atoms with Gasteiger partial charge in [0.25, 0.3) is 0 Å². The van der Waals surface area contributed by atoms with Gasteiger partial charge in [0.15, 0.2) is 0 Å². The second-order valence-electron chi connectivity index (χ2n) is 6.98. The maximum absolute atomic E-state index is 12.5. The Hall–Kier alpha value is -0.610. The number of amides is 1. The SMILES string of the molecule is CC(C)CC(CN(C)C)NC(=O)C1(C)CCCC1N. The van der Waals surface area contributed by atoms with E-state index in [0.29, 0.717) is 5.92 Å². The van der Waals surface area contributed by atoms with Gasteiger partial charge in [-0.05, 0) is 46.2 Å². The van der Waals surface area contributed by atoms with E-state index in [9.17, 15) is 4.79 Å². The fraction of sp³-hybridized carbons (Fsp3) is 0.933. The molecule has 0 heterocycles. The van der Waals surface area contributed by atoms with Gasteiger partial charge in [0.05, 0.1) is 5.41 Å². The van der Waals surface area contributed by atoms with Crippen LogP contribution in [0.15, 0.2) is 0 Å². The number of likely N-dealkylation sites (N-methyl/N-ethyl adjacent to an activating group) is 1. The summed E-state index contributed by atoms with van der Waals surface area (Å²) in [5, 5.41) is 3.23. The van der Waals surface area contributed by atoms with Crippen LogP contribution in [0.25, 0.3) is 0 Å². The second-order valence-corrected chi connectivity index (χ2v) is 6.98. The molecule has 0 aromatic heterocycles. The van der Waals surface area contributed by atoms with E-state index in [1.54, 1.807) is 0 Å². The van der Waals surface area contributed by atoms with E-state index >= 15 is 0 Å². The van der Waals surface area contributed by atoms with Crippen LogP contribution in [0.4, 0.5) is 0 Å². The van der Waals surface area contributed by atoms with Crippen LogP contribution in [0.3, 0.4) is 0 Å². The number of nitrogens with zero attached hydrogens (tertiary/aromatic N) is 1. The van der Waals surface area contributed by atoms with Crippen LogP contribution in [0, 0.1) is 11.3 Å². The molecule has 1 aliphatic carbocycles. The first-order chi connectivity index (χ1) is 8.75. The molecule has 112 valence electrons. The maximum Gasteiger partial charge on any atom is 0.227 e. The molecule has 0 aliphatic heterocycles. The average Bonchev–Trinajstić information content (AvgIpc) is 2.58. The number of rotatable bonds is 6. The Morgan fingerprint density at radius 1 is 1.47 bits per heavy atom. The Balaban J connectivity index is 2.64. The Bertz CT molecular complexity index is 294. The van der Waals surface area contributed by atoms with Gasteiger partial charge in [-0.25, -0.2) is 0 Å². The van der Waals surface area contributed by atoms with Crippen LogP contribution < -0.4 is 11.1 Å². The summed E-state index contributed by atoms with van der Waals surface area (Å²) in [6.45, 7) is 7.28. The van der Waals surface area contributed by atoms with Gasteiger partial charge < -0.3 is 16.0 Å². The summed E-state index contributed by atoms with van der Waals surface area (Å²) in [7, 11) is 4.09. The van der Waals surface area contributed by atoms with Crippen molar-refractivity contribution in [2.75, 3.05) is 20.6 Å². The molecule has 19 heavy (non-hydrogen) atoms. The fourth-order valence-electron chi connectivity index (χ4n) is 3.01. The number of hydrogen-bond acceptors (Lipinski definition) is 3. The van der Waals surface area contributed by atoms with Crippen molar-refractivity contribution in [1.82, 2.24) is 10.2 Å². The largest absolute Gasteiger partial charge is 0.352 e. The molecule has 0 bridgehead atoms. The lowest BCUT2D eigenvalue weighted by atomic mass is 9.83. The van der Waals surface area contributed by atoms with E-state index in [2.05, 4.69) is 24.1 Å². The summed E-state index contributed by atoms with van der Waals surface area (Å²) < 4.78 is 0. The topological polar surface area (TPSA) is 58.4 Å². The Labute approximate surface area is 118 Å². The van der Waals surface area contributed by atoms with E-state index in [0.717, 1.165) is 32.2 Å². The molecule has 1 rings (SSSR count). The average molecular weight is 269 g/mol. The highest BCUT2D eigenvalue weighted by Crippen LogP contribution is 2.37. The zero-order valence-electron chi connectivity index (χ0n) is 13.2. The molecule has 0 radical (unpaired) electrons. The molecule has 4 heteroatoms. The van der Waals surface area contributed by atoms with Crippen molar-refractivity contribution in [2.45, 2.75) is 58.5 Å². The summed E-state index contributed by atoms with van der Waals surface area (Å²) in [6.07, 6.45) is 3.95. The number of hydrogen-bond donors (Lipinski definition) is 2. The predicted molar refractivity (Wildman–Crippen MR) is 79.9 cm³/mol. The minimum atomic E-state index is -0.373. The minimum Gasteiger partial charge on any atom is -0.352 e. The normalized spacial score (nSPS) is 28.9. The van der Waals surface area contributed by atoms with Gasteiger partial charge in [0.2, 0.25) is 5.91 Å². The first kappa shape index (κ1) is 16.4. The van der Waals surface area contributed by atoms with Gasteiger partial charge in [-0.1, -0.05) is 20.3 Å². The number of nitrogens with one attached hydrogen (secondary N) is 1. The van der Waals surface area contributed by atoms with Crippen LogP contribution in [0.1, 0.15) is 46.5 Å². The van der Waals surface area contributed by atoms with Gasteiger partial charge in [0.1, 0.15) is 0 Å². The quantitative estimate of drug-likeness (QED) is 0.770. The first-order valence-electron chi connectivity index (χ1n) is 7.47. The van der Waals surface area contributed by atoms with Crippen molar-refractivity contribution in [3.63, 3.8) is 0 Å². The van der Waals surface area contributed by atoms with Crippen LogP contribution in [0.2, 0.25) is 0 Å². The highest BCUT2D eigenvalue weighted by Gasteiger charge is 2.43. The van der Waals surface area contributed by atoms with E-state index in [1.807, 2.05) is 21.0 Å². The number of nitrogens with two attached hydrogens (primary N) is 1. The maximum atomic E-state index is 12.5. The van der Waals surface area contributed by atoms with Gasteiger partial charge in [-0.15, -0.1) is 0 Å². The second kappa shape index (κ2) is 6.71. The van der Waals surface area contributed by atoms with Crippen LogP contribution in [-0.2, 0) is 4.79 Å². The third kappa shape index (κ3) is 4.46. The molecule has 0 spiro atoms. The lowest BCUT2D eigenvalue weighted by Crippen LogP contribution is -2.52. The molecule has 3 unspecified atom stereocenters. The zero-order valence-corrected chi connectivity index (χ0v) is 13.2. The highest BCUT2D eigenvalue weighted by molar-refractivity contribution is 5.83. The van der Waals surface area contributed by atoms with Crippen molar-refractivity contribution in [3.05, 3.63) is 0 Å². The third-order valence-corrected chi connectivity index (χ3v) is 4.23. The molecular weight excluding hydrogens is 238 g/mol. The Morgan fingerprint density at radius 3 is 2.53 bits per heavy atom. The van der Waals surface area contributed by atoms with Crippen LogP contribution >= 0.6 is 0 Å². The van der Waals surface area contributed by atoms with Crippen molar-refractivity contribution in [2.24, 2.45) is 17.1 Å². The van der Waals surface area contributed by atoms with Crippen molar-refractivity contribution in [1.29, 1.82) is 0 Å². The van der Waals surface area contributed by atoms with Crippen molar-refractivity contribution in [3.8, 4) is 0 Å². The molecule has 0 saturated heterocycles. The number of carbonyl (C=O) groups excluding carboxylic acids is 1. The summed E-state index contributed by atoms with van der Waals surface area (Å²) in [5.41, 5.74) is 5.75. The molecule has 3 N–H and O–H groups in total. The van der Waals surface area contributed by atoms with E-state index < -0.39 is 0 Å². The number of carbonyl (C=O) groups is 1.